The van der Waals surface area contributed by atoms with E-state index in [9.17, 15) is 4.79 Å². The summed E-state index contributed by atoms with van der Waals surface area (Å²) in [7, 11) is 0. The van der Waals surface area contributed by atoms with Crippen LogP contribution >= 0.6 is 0 Å². The van der Waals surface area contributed by atoms with Crippen LogP contribution in [-0.2, 0) is 27.2 Å². The van der Waals surface area contributed by atoms with Crippen LogP contribution < -0.4 is 0 Å². The molecule has 1 aliphatic rings. The van der Waals surface area contributed by atoms with E-state index in [-0.39, 0.29) is 22.4 Å². The number of hydrogen-bond acceptors (Lipinski definition) is 1. The number of carbonyl (C=O) groups is 1. The molecular formula is C6H9AuOSe. The quantitative estimate of drug-likeness (QED) is 0.581. The second kappa shape index (κ2) is 4.70. The minimum absolute atomic E-state index is 0. The van der Waals surface area contributed by atoms with Crippen LogP contribution in [0.4, 0.5) is 0 Å². The predicted octanol–water partition coefficient (Wildman–Crippen LogP) is 1.08. The molecule has 9 heavy (non-hydrogen) atoms. The normalized spacial score (nSPS) is 27.2. The molecule has 0 heterocycles. The third kappa shape index (κ3) is 3.59. The second-order valence-electron chi connectivity index (χ2n) is 2.26. The molecule has 1 saturated carbocycles. The first-order chi connectivity index (χ1) is 3.79. The molecule has 1 fully saturated rings. The molecule has 1 aliphatic carbocycles. The van der Waals surface area contributed by atoms with Crippen molar-refractivity contribution in [3.63, 3.8) is 0 Å². The Labute approximate surface area is 79.3 Å². The number of ketones is 1. The molecule has 0 amide bonds. The first-order valence-corrected chi connectivity index (χ1v) is 3.95. The number of carbonyl (C=O) groups excluding carboxylic acids is 1. The van der Waals surface area contributed by atoms with Crippen molar-refractivity contribution in [1.82, 2.24) is 0 Å². The Morgan fingerprint density at radius 3 is 2.56 bits per heavy atom. The smallest absolute Gasteiger partial charge is 0 e. The molecule has 1 rings (SSSR count). The number of Topliss-reactive ketones (excluding diaryl/α,β-unsaturated/α-hetero) is 1. The molecule has 0 aromatic carbocycles. The van der Waals surface area contributed by atoms with Crippen molar-refractivity contribution in [1.29, 1.82) is 0 Å². The molecular weight excluding hydrogens is 364 g/mol. The molecule has 0 spiro atoms. The van der Waals surface area contributed by atoms with Gasteiger partial charge in [-0.3, -0.25) is 0 Å². The van der Waals surface area contributed by atoms with E-state index in [0.29, 0.717) is 10.6 Å². The van der Waals surface area contributed by atoms with Gasteiger partial charge in [-0.1, -0.05) is 0 Å². The third-order valence-corrected chi connectivity index (χ3v) is 2.28. The maximum atomic E-state index is 10.7. The van der Waals surface area contributed by atoms with Crippen molar-refractivity contribution in [2.75, 3.05) is 0 Å². The van der Waals surface area contributed by atoms with Gasteiger partial charge in [0.2, 0.25) is 0 Å². The molecule has 0 aromatic heterocycles. The van der Waals surface area contributed by atoms with E-state index in [1.165, 1.54) is 6.42 Å². The Morgan fingerprint density at radius 1 is 1.56 bits per heavy atom. The molecule has 0 saturated heterocycles. The molecule has 0 aromatic rings. The minimum atomic E-state index is 0. The first-order valence-electron chi connectivity index (χ1n) is 2.96. The summed E-state index contributed by atoms with van der Waals surface area (Å²) in [5, 5.41) is 0. The van der Waals surface area contributed by atoms with E-state index in [2.05, 4.69) is 16.0 Å². The Bertz CT molecular complexity index is 105. The van der Waals surface area contributed by atoms with E-state index in [1.807, 2.05) is 0 Å². The average Bonchev–Trinajstić information content (AvgIpc) is 1.64. The Hall–Kier alpha value is 0.930. The summed E-state index contributed by atoms with van der Waals surface area (Å²) < 4.78 is 0. The zero-order valence-electron chi connectivity index (χ0n) is 5.02. The Kier molecular flexibility index (Phi) is 5.19. The summed E-state index contributed by atoms with van der Waals surface area (Å²) in [5.74, 6) is 0.431. The molecule has 2 radical (unpaired) electrons. The summed E-state index contributed by atoms with van der Waals surface area (Å²) in [4.78, 5) is 11.2. The van der Waals surface area contributed by atoms with Crippen molar-refractivity contribution in [3.8, 4) is 0 Å². The van der Waals surface area contributed by atoms with Crippen molar-refractivity contribution >= 4 is 21.8 Å². The molecule has 56 valence electrons. The van der Waals surface area contributed by atoms with Gasteiger partial charge in [-0.25, -0.2) is 0 Å². The van der Waals surface area contributed by atoms with Gasteiger partial charge in [0.05, 0.1) is 0 Å². The third-order valence-electron chi connectivity index (χ3n) is 1.44. The Balaban J connectivity index is 0.000000640. The predicted molar refractivity (Wildman–Crippen MR) is 33.0 cm³/mol. The molecule has 0 bridgehead atoms. The monoisotopic (exact) mass is 374 g/mol. The summed E-state index contributed by atoms with van der Waals surface area (Å²) in [5.41, 5.74) is 0. The molecule has 1 atom stereocenters. The number of rotatable bonds is 0. The van der Waals surface area contributed by atoms with Crippen molar-refractivity contribution < 1.29 is 27.2 Å². The van der Waals surface area contributed by atoms with Crippen LogP contribution in [0.5, 0.6) is 0 Å². The van der Waals surface area contributed by atoms with Gasteiger partial charge in [0.15, 0.2) is 0 Å². The first kappa shape index (κ1) is 9.93. The van der Waals surface area contributed by atoms with Gasteiger partial charge in [-0.15, -0.1) is 0 Å². The fourth-order valence-electron chi connectivity index (χ4n) is 0.985. The van der Waals surface area contributed by atoms with E-state index < -0.39 is 0 Å². The SMILES string of the molecule is O=C1CCCC([Se])C1.[Au]. The standard InChI is InChI=1S/C6H9OSe.Au/c7-5-2-1-3-6(8)4-5;/h6H,1-4H2;. The van der Waals surface area contributed by atoms with E-state index in [0.717, 1.165) is 19.3 Å². The van der Waals surface area contributed by atoms with Gasteiger partial charge in [0, 0.05) is 22.4 Å². The summed E-state index contributed by atoms with van der Waals surface area (Å²) in [6.45, 7) is 0. The van der Waals surface area contributed by atoms with Gasteiger partial charge < -0.3 is 0 Å². The van der Waals surface area contributed by atoms with Gasteiger partial charge in [-0.2, -0.15) is 0 Å². The van der Waals surface area contributed by atoms with Crippen molar-refractivity contribution in [2.45, 2.75) is 30.5 Å². The van der Waals surface area contributed by atoms with Gasteiger partial charge in [0.25, 0.3) is 0 Å². The maximum absolute atomic E-state index is 10.7. The van der Waals surface area contributed by atoms with Gasteiger partial charge in [-0.05, 0) is 0 Å². The van der Waals surface area contributed by atoms with Crippen LogP contribution in [0.2, 0.25) is 4.82 Å². The zero-order chi connectivity index (χ0) is 5.98. The van der Waals surface area contributed by atoms with E-state index in [4.69, 9.17) is 0 Å². The molecule has 0 N–H and O–H groups in total. The van der Waals surface area contributed by atoms with Crippen molar-refractivity contribution in [3.05, 3.63) is 0 Å². The fraction of sp³-hybridized carbons (Fsp3) is 0.833. The van der Waals surface area contributed by atoms with Crippen LogP contribution in [0.3, 0.4) is 0 Å². The van der Waals surface area contributed by atoms with Crippen LogP contribution in [-0.4, -0.2) is 21.8 Å². The molecule has 1 unspecified atom stereocenters. The topological polar surface area (TPSA) is 17.1 Å². The van der Waals surface area contributed by atoms with Crippen LogP contribution in [0, 0.1) is 0 Å². The van der Waals surface area contributed by atoms with Gasteiger partial charge >= 0.3 is 57.1 Å². The average molecular weight is 373 g/mol. The Morgan fingerprint density at radius 2 is 2.22 bits per heavy atom. The van der Waals surface area contributed by atoms with Crippen molar-refractivity contribution in [2.24, 2.45) is 0 Å². The molecule has 0 aliphatic heterocycles. The summed E-state index contributed by atoms with van der Waals surface area (Å²) in [6.07, 6.45) is 3.89. The molecule has 1 nitrogen and oxygen atoms in total. The maximum Gasteiger partial charge on any atom is 0 e. The largest absolute Gasteiger partial charge is 0 e. The van der Waals surface area contributed by atoms with Crippen LogP contribution in [0.15, 0.2) is 0 Å². The zero-order valence-corrected chi connectivity index (χ0v) is 8.90. The van der Waals surface area contributed by atoms with E-state index >= 15 is 0 Å². The summed E-state index contributed by atoms with van der Waals surface area (Å²) >= 11 is 2.99. The molecule has 3 heteroatoms. The minimum Gasteiger partial charge on any atom is 0 e. The van der Waals surface area contributed by atoms with Crippen LogP contribution in [0.1, 0.15) is 25.7 Å². The second-order valence-corrected chi connectivity index (χ2v) is 3.66. The van der Waals surface area contributed by atoms with Gasteiger partial charge in [0.1, 0.15) is 0 Å². The van der Waals surface area contributed by atoms with Crippen LogP contribution in [0.25, 0.3) is 0 Å². The summed E-state index contributed by atoms with van der Waals surface area (Å²) in [6, 6.07) is 0. The van der Waals surface area contributed by atoms with E-state index in [1.54, 1.807) is 0 Å². The number of hydrogen-bond donors (Lipinski definition) is 0. The fourth-order valence-corrected chi connectivity index (χ4v) is 1.72.